The molecular weight excluding hydrogens is 346 g/mol. The minimum Gasteiger partial charge on any atom is -0.481 e. The second kappa shape index (κ2) is 8.52. The standard InChI is InChI=1S/C20H27N3O4/c1-22-10-12-23(13-11-22)19(25)15-6-8-16(9-7-15)21-18(24)17(20(26)27)14-4-2-3-5-14/h6-9,14,17H,2-5,10-13H2,1H3,(H,21,24)(H,26,27). The van der Waals surface area contributed by atoms with Gasteiger partial charge in [0.25, 0.3) is 5.91 Å². The molecule has 2 aliphatic rings. The number of hydrogen-bond donors (Lipinski definition) is 2. The summed E-state index contributed by atoms with van der Waals surface area (Å²) in [5, 5.41) is 12.1. The van der Waals surface area contributed by atoms with Crippen molar-refractivity contribution in [3.63, 3.8) is 0 Å². The van der Waals surface area contributed by atoms with Crippen LogP contribution in [0.25, 0.3) is 0 Å². The van der Waals surface area contributed by atoms with Crippen LogP contribution >= 0.6 is 0 Å². The van der Waals surface area contributed by atoms with Gasteiger partial charge >= 0.3 is 5.97 Å². The largest absolute Gasteiger partial charge is 0.481 e. The summed E-state index contributed by atoms with van der Waals surface area (Å²) in [6, 6.07) is 6.69. The summed E-state index contributed by atoms with van der Waals surface area (Å²) in [6.07, 6.45) is 3.52. The van der Waals surface area contributed by atoms with E-state index >= 15 is 0 Å². The van der Waals surface area contributed by atoms with Crippen LogP contribution in [-0.2, 0) is 9.59 Å². The summed E-state index contributed by atoms with van der Waals surface area (Å²) in [5.74, 6) is -2.68. The molecule has 1 saturated heterocycles. The number of nitrogens with one attached hydrogen (secondary N) is 1. The van der Waals surface area contributed by atoms with Crippen molar-refractivity contribution < 1.29 is 19.5 Å². The minimum atomic E-state index is -1.07. The van der Waals surface area contributed by atoms with Crippen LogP contribution in [0.5, 0.6) is 0 Å². The van der Waals surface area contributed by atoms with E-state index in [0.29, 0.717) is 24.3 Å². The summed E-state index contributed by atoms with van der Waals surface area (Å²) in [7, 11) is 2.04. The van der Waals surface area contributed by atoms with E-state index in [0.717, 1.165) is 38.8 Å². The van der Waals surface area contributed by atoms with Crippen LogP contribution in [-0.4, -0.2) is 65.9 Å². The van der Waals surface area contributed by atoms with Gasteiger partial charge in [0.1, 0.15) is 5.92 Å². The highest BCUT2D eigenvalue weighted by atomic mass is 16.4. The van der Waals surface area contributed by atoms with Gasteiger partial charge in [0.15, 0.2) is 0 Å². The van der Waals surface area contributed by atoms with E-state index in [2.05, 4.69) is 10.2 Å². The van der Waals surface area contributed by atoms with Gasteiger partial charge in [-0.1, -0.05) is 12.8 Å². The molecule has 0 bridgehead atoms. The Bertz CT molecular complexity index is 690. The number of aliphatic carboxylic acids is 1. The van der Waals surface area contributed by atoms with Crippen LogP contribution in [0.15, 0.2) is 24.3 Å². The molecule has 1 aromatic rings. The second-order valence-corrected chi connectivity index (χ2v) is 7.52. The van der Waals surface area contributed by atoms with Crippen molar-refractivity contribution in [1.82, 2.24) is 9.80 Å². The Kier molecular flexibility index (Phi) is 6.11. The molecule has 1 aliphatic heterocycles. The quantitative estimate of drug-likeness (QED) is 0.770. The summed E-state index contributed by atoms with van der Waals surface area (Å²) in [4.78, 5) is 40.6. The van der Waals surface area contributed by atoms with Gasteiger partial charge in [0, 0.05) is 37.4 Å². The molecule has 2 amide bonds. The lowest BCUT2D eigenvalue weighted by atomic mass is 9.90. The van der Waals surface area contributed by atoms with Crippen LogP contribution in [0.3, 0.4) is 0 Å². The number of benzene rings is 1. The Hall–Kier alpha value is -2.41. The molecule has 1 unspecified atom stereocenters. The average molecular weight is 373 g/mol. The molecule has 7 nitrogen and oxygen atoms in total. The van der Waals surface area contributed by atoms with E-state index in [-0.39, 0.29) is 11.8 Å². The van der Waals surface area contributed by atoms with Crippen LogP contribution < -0.4 is 5.32 Å². The van der Waals surface area contributed by atoms with Crippen molar-refractivity contribution in [3.8, 4) is 0 Å². The van der Waals surface area contributed by atoms with E-state index in [1.54, 1.807) is 24.3 Å². The Morgan fingerprint density at radius 1 is 1.04 bits per heavy atom. The SMILES string of the molecule is CN1CCN(C(=O)c2ccc(NC(=O)C(C(=O)O)C3CCCC3)cc2)CC1. The summed E-state index contributed by atoms with van der Waals surface area (Å²) >= 11 is 0. The zero-order valence-corrected chi connectivity index (χ0v) is 15.7. The van der Waals surface area contributed by atoms with Crippen molar-refractivity contribution in [2.24, 2.45) is 11.8 Å². The number of piperazine rings is 1. The van der Waals surface area contributed by atoms with Crippen LogP contribution in [0.4, 0.5) is 5.69 Å². The summed E-state index contributed by atoms with van der Waals surface area (Å²) in [6.45, 7) is 3.13. The van der Waals surface area contributed by atoms with Gasteiger partial charge in [0.2, 0.25) is 5.91 Å². The molecule has 0 spiro atoms. The molecule has 2 N–H and O–H groups in total. The Balaban J connectivity index is 1.62. The lowest BCUT2D eigenvalue weighted by molar-refractivity contribution is -0.147. The van der Waals surface area contributed by atoms with Gasteiger partial charge < -0.3 is 20.2 Å². The predicted molar refractivity (Wildman–Crippen MR) is 102 cm³/mol. The Labute approximate surface area is 159 Å². The number of hydrogen-bond acceptors (Lipinski definition) is 4. The van der Waals surface area contributed by atoms with Crippen LogP contribution in [0, 0.1) is 11.8 Å². The maximum absolute atomic E-state index is 12.6. The first-order valence-electron chi connectivity index (χ1n) is 9.57. The zero-order valence-electron chi connectivity index (χ0n) is 15.7. The molecule has 1 heterocycles. The van der Waals surface area contributed by atoms with Gasteiger partial charge in [0.05, 0.1) is 0 Å². The number of carboxylic acids is 1. The van der Waals surface area contributed by atoms with Gasteiger partial charge in [-0.25, -0.2) is 0 Å². The molecule has 146 valence electrons. The van der Waals surface area contributed by atoms with E-state index < -0.39 is 17.8 Å². The number of carbonyl (C=O) groups is 3. The molecule has 0 aromatic heterocycles. The lowest BCUT2D eigenvalue weighted by Crippen LogP contribution is -2.47. The molecule has 2 fully saturated rings. The normalized spacial score (nSPS) is 19.7. The molecule has 1 atom stereocenters. The number of carboxylic acid groups (broad SMARTS) is 1. The highest BCUT2D eigenvalue weighted by molar-refractivity contribution is 6.04. The number of rotatable bonds is 5. The smallest absolute Gasteiger partial charge is 0.316 e. The molecule has 1 saturated carbocycles. The van der Waals surface area contributed by atoms with E-state index in [4.69, 9.17) is 0 Å². The van der Waals surface area contributed by atoms with E-state index in [1.807, 2.05) is 11.9 Å². The summed E-state index contributed by atoms with van der Waals surface area (Å²) < 4.78 is 0. The number of anilines is 1. The van der Waals surface area contributed by atoms with Gasteiger partial charge in [-0.15, -0.1) is 0 Å². The summed E-state index contributed by atoms with van der Waals surface area (Å²) in [5.41, 5.74) is 1.09. The van der Waals surface area contributed by atoms with Crippen molar-refractivity contribution in [3.05, 3.63) is 29.8 Å². The Morgan fingerprint density at radius 2 is 1.63 bits per heavy atom. The van der Waals surface area contributed by atoms with E-state index in [9.17, 15) is 19.5 Å². The lowest BCUT2D eigenvalue weighted by Gasteiger charge is -2.32. The van der Waals surface area contributed by atoms with Crippen LogP contribution in [0.1, 0.15) is 36.0 Å². The highest BCUT2D eigenvalue weighted by Crippen LogP contribution is 2.32. The van der Waals surface area contributed by atoms with E-state index in [1.165, 1.54) is 0 Å². The second-order valence-electron chi connectivity index (χ2n) is 7.52. The maximum atomic E-state index is 12.6. The molecule has 1 aromatic carbocycles. The molecule has 7 heteroatoms. The van der Waals surface area contributed by atoms with Gasteiger partial charge in [-0.3, -0.25) is 14.4 Å². The van der Waals surface area contributed by atoms with Crippen molar-refractivity contribution >= 4 is 23.5 Å². The Morgan fingerprint density at radius 3 is 2.19 bits per heavy atom. The fourth-order valence-corrected chi connectivity index (χ4v) is 3.93. The average Bonchev–Trinajstić information content (AvgIpc) is 3.16. The number of likely N-dealkylation sites (N-methyl/N-ethyl adjacent to an activating group) is 1. The maximum Gasteiger partial charge on any atom is 0.316 e. The van der Waals surface area contributed by atoms with Crippen molar-refractivity contribution in [2.45, 2.75) is 25.7 Å². The van der Waals surface area contributed by atoms with Gasteiger partial charge in [-0.2, -0.15) is 0 Å². The van der Waals surface area contributed by atoms with Crippen molar-refractivity contribution in [2.75, 3.05) is 38.5 Å². The number of nitrogens with zero attached hydrogens (tertiary/aromatic N) is 2. The highest BCUT2D eigenvalue weighted by Gasteiger charge is 2.36. The molecule has 1 aliphatic carbocycles. The first kappa shape index (κ1) is 19.4. The molecule has 0 radical (unpaired) electrons. The fourth-order valence-electron chi connectivity index (χ4n) is 3.93. The monoisotopic (exact) mass is 373 g/mol. The molecule has 3 rings (SSSR count). The topological polar surface area (TPSA) is 90.0 Å². The zero-order chi connectivity index (χ0) is 19.4. The van der Waals surface area contributed by atoms with Crippen LogP contribution in [0.2, 0.25) is 0 Å². The first-order chi connectivity index (χ1) is 13.0. The number of carbonyl (C=O) groups excluding carboxylic acids is 2. The molecule has 27 heavy (non-hydrogen) atoms. The first-order valence-corrected chi connectivity index (χ1v) is 9.57. The number of amides is 2. The third-order valence-corrected chi connectivity index (χ3v) is 5.61. The minimum absolute atomic E-state index is 0.0182. The third kappa shape index (κ3) is 4.66. The third-order valence-electron chi connectivity index (χ3n) is 5.61. The van der Waals surface area contributed by atoms with Gasteiger partial charge in [-0.05, 0) is 50.1 Å². The molecular formula is C20H27N3O4. The predicted octanol–water partition coefficient (Wildman–Crippen LogP) is 1.90. The van der Waals surface area contributed by atoms with Crippen molar-refractivity contribution in [1.29, 1.82) is 0 Å². The fraction of sp³-hybridized carbons (Fsp3) is 0.550.